The number of rotatable bonds is 6. The van der Waals surface area contributed by atoms with Gasteiger partial charge in [-0.15, -0.1) is 0 Å². The first-order valence-corrected chi connectivity index (χ1v) is 12.7. The summed E-state index contributed by atoms with van der Waals surface area (Å²) in [5.74, 6) is -0.293. The average molecular weight is 504 g/mol. The van der Waals surface area contributed by atoms with E-state index in [-0.39, 0.29) is 33.1 Å². The minimum atomic E-state index is -4.05. The molecule has 0 unspecified atom stereocenters. The van der Waals surface area contributed by atoms with Crippen molar-refractivity contribution in [2.45, 2.75) is 4.90 Å². The number of carbonyl (C=O) groups excluding carboxylic acids is 1. The number of nitrogens with zero attached hydrogens (tertiary/aromatic N) is 3. The summed E-state index contributed by atoms with van der Waals surface area (Å²) in [6, 6.07) is 22.7. The van der Waals surface area contributed by atoms with Crippen LogP contribution >= 0.6 is 23.2 Å². The smallest absolute Gasteiger partial charge is 0.264 e. The molecule has 0 spiro atoms. The molecule has 0 radical (unpaired) electrons. The summed E-state index contributed by atoms with van der Waals surface area (Å²) < 4.78 is 28.0. The number of benzene rings is 3. The minimum Gasteiger partial charge on any atom is -0.368 e. The van der Waals surface area contributed by atoms with Gasteiger partial charge in [0, 0.05) is 31.9 Å². The van der Waals surface area contributed by atoms with Crippen LogP contribution in [0.5, 0.6) is 0 Å². The molecular formula is C24H23Cl2N3O3S. The summed E-state index contributed by atoms with van der Waals surface area (Å²) in [6.45, 7) is 1.95. The predicted molar refractivity (Wildman–Crippen MR) is 133 cm³/mol. The average Bonchev–Trinajstić information content (AvgIpc) is 2.85. The molecule has 0 aliphatic carbocycles. The van der Waals surface area contributed by atoms with Gasteiger partial charge in [-0.1, -0.05) is 65.7 Å². The topological polar surface area (TPSA) is 60.9 Å². The fourth-order valence-electron chi connectivity index (χ4n) is 3.78. The first kappa shape index (κ1) is 23.4. The predicted octanol–water partition coefficient (Wildman–Crippen LogP) is 4.54. The second-order valence-corrected chi connectivity index (χ2v) is 10.2. The van der Waals surface area contributed by atoms with E-state index in [9.17, 15) is 13.2 Å². The molecule has 1 aliphatic rings. The molecule has 4 rings (SSSR count). The maximum Gasteiger partial charge on any atom is 0.264 e. The number of piperazine rings is 1. The molecule has 0 saturated carbocycles. The van der Waals surface area contributed by atoms with Crippen LogP contribution in [0.2, 0.25) is 10.0 Å². The van der Waals surface area contributed by atoms with Crippen molar-refractivity contribution in [3.63, 3.8) is 0 Å². The molecule has 1 fully saturated rings. The lowest BCUT2D eigenvalue weighted by molar-refractivity contribution is -0.129. The van der Waals surface area contributed by atoms with Crippen molar-refractivity contribution >= 4 is 50.5 Å². The molecule has 9 heteroatoms. The molecule has 0 bridgehead atoms. The summed E-state index contributed by atoms with van der Waals surface area (Å²) in [5.41, 5.74) is 1.27. The quantitative estimate of drug-likeness (QED) is 0.495. The molecule has 172 valence electrons. The van der Waals surface area contributed by atoms with Gasteiger partial charge in [-0.3, -0.25) is 9.10 Å². The molecule has 1 amide bonds. The molecule has 1 saturated heterocycles. The Bertz CT molecular complexity index is 1220. The normalized spacial score (nSPS) is 14.2. The molecule has 0 N–H and O–H groups in total. The molecule has 1 aliphatic heterocycles. The number of halogens is 2. The first-order chi connectivity index (χ1) is 15.9. The Hall–Kier alpha value is -2.74. The Balaban J connectivity index is 1.57. The van der Waals surface area contributed by atoms with Crippen LogP contribution in [0.1, 0.15) is 0 Å². The van der Waals surface area contributed by atoms with E-state index in [0.29, 0.717) is 26.2 Å². The van der Waals surface area contributed by atoms with Gasteiger partial charge in [0.15, 0.2) is 0 Å². The molecule has 3 aromatic carbocycles. The van der Waals surface area contributed by atoms with Gasteiger partial charge in [0.05, 0.1) is 20.6 Å². The third-order valence-corrected chi connectivity index (χ3v) is 8.15. The molecule has 0 aromatic heterocycles. The summed E-state index contributed by atoms with van der Waals surface area (Å²) in [4.78, 5) is 17.2. The maximum absolute atomic E-state index is 13.5. The number of hydrogen-bond donors (Lipinski definition) is 0. The number of anilines is 2. The van der Waals surface area contributed by atoms with Gasteiger partial charge in [0.25, 0.3) is 10.0 Å². The van der Waals surface area contributed by atoms with Crippen LogP contribution in [0.15, 0.2) is 83.8 Å². The number of sulfonamides is 1. The van der Waals surface area contributed by atoms with E-state index in [0.717, 1.165) is 9.99 Å². The Morgan fingerprint density at radius 1 is 0.818 bits per heavy atom. The standard InChI is InChI=1S/C24H23Cl2N3O3S/c25-21-12-7-13-22(24(21)26)29(33(31,32)20-10-5-2-6-11-20)18-23(30)28-16-14-27(15-17-28)19-8-3-1-4-9-19/h1-13H,14-18H2. The molecule has 3 aromatic rings. The van der Waals surface area contributed by atoms with Gasteiger partial charge in [-0.25, -0.2) is 8.42 Å². The Morgan fingerprint density at radius 3 is 2.06 bits per heavy atom. The van der Waals surface area contributed by atoms with Crippen molar-refractivity contribution in [3.05, 3.63) is 88.9 Å². The van der Waals surface area contributed by atoms with Gasteiger partial charge in [-0.2, -0.15) is 0 Å². The molecular weight excluding hydrogens is 481 g/mol. The monoisotopic (exact) mass is 503 g/mol. The highest BCUT2D eigenvalue weighted by atomic mass is 35.5. The lowest BCUT2D eigenvalue weighted by Gasteiger charge is -2.37. The minimum absolute atomic E-state index is 0.0720. The number of amides is 1. The molecule has 6 nitrogen and oxygen atoms in total. The van der Waals surface area contributed by atoms with Crippen LogP contribution < -0.4 is 9.21 Å². The van der Waals surface area contributed by atoms with Crippen LogP contribution in [0.4, 0.5) is 11.4 Å². The highest BCUT2D eigenvalue weighted by Gasteiger charge is 2.31. The van der Waals surface area contributed by atoms with Gasteiger partial charge >= 0.3 is 0 Å². The van der Waals surface area contributed by atoms with Crippen LogP contribution in [-0.2, 0) is 14.8 Å². The summed E-state index contributed by atoms with van der Waals surface area (Å²) in [6.07, 6.45) is 0. The zero-order chi connectivity index (χ0) is 23.4. The Labute approximate surface area is 204 Å². The van der Waals surface area contributed by atoms with E-state index in [1.54, 1.807) is 41.3 Å². The van der Waals surface area contributed by atoms with Crippen LogP contribution in [-0.4, -0.2) is 51.9 Å². The third-order valence-electron chi connectivity index (χ3n) is 5.56. The van der Waals surface area contributed by atoms with E-state index in [2.05, 4.69) is 4.90 Å². The number of hydrogen-bond acceptors (Lipinski definition) is 4. The third kappa shape index (κ3) is 5.11. The highest BCUT2D eigenvalue weighted by molar-refractivity contribution is 7.92. The zero-order valence-corrected chi connectivity index (χ0v) is 20.1. The SMILES string of the molecule is O=C(CN(c1cccc(Cl)c1Cl)S(=O)(=O)c1ccccc1)N1CCN(c2ccccc2)CC1. The van der Waals surface area contributed by atoms with Gasteiger partial charge in [-0.05, 0) is 36.4 Å². The largest absolute Gasteiger partial charge is 0.368 e. The zero-order valence-electron chi connectivity index (χ0n) is 17.8. The lowest BCUT2D eigenvalue weighted by Crippen LogP contribution is -2.52. The fraction of sp³-hybridized carbons (Fsp3) is 0.208. The summed E-state index contributed by atoms with van der Waals surface area (Å²) in [7, 11) is -4.05. The van der Waals surface area contributed by atoms with Crippen molar-refractivity contribution in [2.75, 3.05) is 41.9 Å². The van der Waals surface area contributed by atoms with Crippen LogP contribution in [0, 0.1) is 0 Å². The lowest BCUT2D eigenvalue weighted by atomic mass is 10.2. The van der Waals surface area contributed by atoms with E-state index in [1.807, 2.05) is 30.3 Å². The van der Waals surface area contributed by atoms with Crippen molar-refractivity contribution in [2.24, 2.45) is 0 Å². The molecule has 0 atom stereocenters. The van der Waals surface area contributed by atoms with Crippen molar-refractivity contribution < 1.29 is 13.2 Å². The van der Waals surface area contributed by atoms with Crippen LogP contribution in [0.25, 0.3) is 0 Å². The van der Waals surface area contributed by atoms with Crippen molar-refractivity contribution in [1.29, 1.82) is 0 Å². The highest BCUT2D eigenvalue weighted by Crippen LogP contribution is 2.35. The van der Waals surface area contributed by atoms with E-state index >= 15 is 0 Å². The maximum atomic E-state index is 13.5. The Kier molecular flexibility index (Phi) is 7.12. The van der Waals surface area contributed by atoms with Crippen molar-refractivity contribution in [3.8, 4) is 0 Å². The van der Waals surface area contributed by atoms with Gasteiger partial charge in [0.1, 0.15) is 6.54 Å². The Morgan fingerprint density at radius 2 is 1.42 bits per heavy atom. The second kappa shape index (κ2) is 10.0. The van der Waals surface area contributed by atoms with Crippen molar-refractivity contribution in [1.82, 2.24) is 4.90 Å². The first-order valence-electron chi connectivity index (χ1n) is 10.5. The summed E-state index contributed by atoms with van der Waals surface area (Å²) in [5, 5.41) is 0.298. The summed E-state index contributed by atoms with van der Waals surface area (Å²) >= 11 is 12.5. The number of carbonyl (C=O) groups is 1. The van der Waals surface area contributed by atoms with E-state index in [1.165, 1.54) is 12.1 Å². The fourth-order valence-corrected chi connectivity index (χ4v) is 5.67. The molecule has 33 heavy (non-hydrogen) atoms. The van der Waals surface area contributed by atoms with Gasteiger partial charge < -0.3 is 9.80 Å². The number of para-hydroxylation sites is 1. The van der Waals surface area contributed by atoms with E-state index in [4.69, 9.17) is 23.2 Å². The van der Waals surface area contributed by atoms with Crippen LogP contribution in [0.3, 0.4) is 0 Å². The van der Waals surface area contributed by atoms with Gasteiger partial charge in [0.2, 0.25) is 5.91 Å². The molecule has 1 heterocycles. The van der Waals surface area contributed by atoms with E-state index < -0.39 is 10.0 Å². The second-order valence-electron chi connectivity index (χ2n) is 7.60.